The summed E-state index contributed by atoms with van der Waals surface area (Å²) in [5.41, 5.74) is 0.588. The molecular formula is C32H32F4N4O6. The zero-order valence-corrected chi connectivity index (χ0v) is 24.8. The van der Waals surface area contributed by atoms with Gasteiger partial charge in [-0.2, -0.15) is 0 Å². The number of alkyl halides is 3. The molecule has 1 aliphatic heterocycles. The number of nitrogens with one attached hydrogen (secondary N) is 3. The number of ether oxygens (including phenoxy) is 4. The molecule has 2 amide bonds. The molecule has 1 aromatic heterocycles. The largest absolute Gasteiger partial charge is 0.572 e. The number of hydrogen-bond acceptors (Lipinski definition) is 8. The van der Waals surface area contributed by atoms with Gasteiger partial charge < -0.3 is 34.9 Å². The number of allylic oxidation sites excluding steroid dienone is 2. The second kappa shape index (κ2) is 14.5. The van der Waals surface area contributed by atoms with Crippen molar-refractivity contribution in [2.75, 3.05) is 38.7 Å². The molecular weight excluding hydrogens is 612 g/mol. The molecule has 10 nitrogen and oxygen atoms in total. The Morgan fingerprint density at radius 2 is 1.83 bits per heavy atom. The molecule has 0 bridgehead atoms. The number of methoxy groups -OCH3 is 1. The number of fused-ring (bicyclic) bond motifs is 1. The second-order valence-electron chi connectivity index (χ2n) is 10.7. The number of piperidine rings is 1. The minimum absolute atomic E-state index is 0.00196. The lowest BCUT2D eigenvalue weighted by Crippen LogP contribution is -2.36. The van der Waals surface area contributed by atoms with E-state index in [0.717, 1.165) is 32.0 Å². The number of hydrogen-bond donors (Lipinski definition) is 3. The summed E-state index contributed by atoms with van der Waals surface area (Å²) >= 11 is 0. The molecule has 3 aromatic rings. The molecule has 0 unspecified atom stereocenters. The van der Waals surface area contributed by atoms with E-state index in [1.54, 1.807) is 24.3 Å². The van der Waals surface area contributed by atoms with Crippen molar-refractivity contribution < 1.29 is 46.1 Å². The molecule has 3 N–H and O–H groups in total. The summed E-state index contributed by atoms with van der Waals surface area (Å²) in [5.74, 6) is -1.87. The Balaban J connectivity index is 1.22. The van der Waals surface area contributed by atoms with Crippen molar-refractivity contribution >= 4 is 28.4 Å². The molecule has 0 atom stereocenters. The van der Waals surface area contributed by atoms with Crippen LogP contribution in [0.2, 0.25) is 0 Å². The van der Waals surface area contributed by atoms with Gasteiger partial charge in [0.25, 0.3) is 0 Å². The Bertz CT molecular complexity index is 1650. The average molecular weight is 645 g/mol. The summed E-state index contributed by atoms with van der Waals surface area (Å²) in [6.07, 6.45) is 2.04. The van der Waals surface area contributed by atoms with Crippen LogP contribution < -0.4 is 30.2 Å². The first kappa shape index (κ1) is 32.5. The van der Waals surface area contributed by atoms with Crippen molar-refractivity contribution in [1.29, 1.82) is 0 Å². The van der Waals surface area contributed by atoms with E-state index in [0.29, 0.717) is 47.1 Å². The van der Waals surface area contributed by atoms with Crippen LogP contribution in [0.5, 0.6) is 23.0 Å². The third-order valence-electron chi connectivity index (χ3n) is 7.43. The summed E-state index contributed by atoms with van der Waals surface area (Å²) < 4.78 is 74.6. The van der Waals surface area contributed by atoms with Crippen LogP contribution >= 0.6 is 0 Å². The maximum absolute atomic E-state index is 15.1. The van der Waals surface area contributed by atoms with E-state index in [4.69, 9.17) is 14.2 Å². The molecule has 1 aliphatic carbocycles. The molecule has 244 valence electrons. The third kappa shape index (κ3) is 8.44. The number of benzene rings is 2. The van der Waals surface area contributed by atoms with Gasteiger partial charge in [0.05, 0.1) is 19.2 Å². The van der Waals surface area contributed by atoms with Gasteiger partial charge >= 0.3 is 18.2 Å². The van der Waals surface area contributed by atoms with E-state index >= 15 is 4.39 Å². The van der Waals surface area contributed by atoms with E-state index < -0.39 is 24.0 Å². The number of carbonyl (C=O) groups excluding carboxylic acids is 2. The Labute approximate surface area is 261 Å². The standard InChI is InChI=1S/C32H32F4N4O6/c1-43-28-15-22-24(16-29(28)44-18-19-8-11-37-12-9-19)38-13-10-26(22)45-27-7-6-21(14-23(27)33)40-31(42)30(41)39-17-20-4-2-3-5-25(20)46-32(34,35)36/h2,4,6-7,10,13-16,19,37H,3,5,8-9,11-12,17-18H2,1H3,(H,39,41)(H,40,42). The molecule has 0 radical (unpaired) electrons. The molecule has 0 spiro atoms. The number of halogens is 4. The van der Waals surface area contributed by atoms with Crippen LogP contribution in [0, 0.1) is 11.7 Å². The predicted molar refractivity (Wildman–Crippen MR) is 160 cm³/mol. The molecule has 5 rings (SSSR count). The average Bonchev–Trinajstić information content (AvgIpc) is 3.04. The van der Waals surface area contributed by atoms with Crippen molar-refractivity contribution in [2.45, 2.75) is 32.0 Å². The minimum Gasteiger partial charge on any atom is -0.493 e. The Morgan fingerprint density at radius 3 is 2.57 bits per heavy atom. The van der Waals surface area contributed by atoms with Crippen LogP contribution in [0.4, 0.5) is 23.2 Å². The molecule has 0 saturated carbocycles. The van der Waals surface area contributed by atoms with Gasteiger partial charge in [0.2, 0.25) is 0 Å². The maximum Gasteiger partial charge on any atom is 0.572 e. The highest BCUT2D eigenvalue weighted by atomic mass is 19.4. The molecule has 2 aromatic carbocycles. The third-order valence-corrected chi connectivity index (χ3v) is 7.43. The smallest absolute Gasteiger partial charge is 0.493 e. The summed E-state index contributed by atoms with van der Waals surface area (Å²) in [6, 6.07) is 8.60. The van der Waals surface area contributed by atoms with Gasteiger partial charge in [-0.15, -0.1) is 13.2 Å². The first-order valence-electron chi connectivity index (χ1n) is 14.6. The topological polar surface area (TPSA) is 120 Å². The Kier molecular flexibility index (Phi) is 10.3. The summed E-state index contributed by atoms with van der Waals surface area (Å²) in [6.45, 7) is 2.08. The van der Waals surface area contributed by atoms with Crippen LogP contribution in [-0.2, 0) is 14.3 Å². The lowest BCUT2D eigenvalue weighted by atomic mass is 9.99. The highest BCUT2D eigenvalue weighted by Crippen LogP contribution is 2.38. The van der Waals surface area contributed by atoms with Gasteiger partial charge in [-0.25, -0.2) is 4.39 Å². The van der Waals surface area contributed by atoms with Crippen LogP contribution in [0.15, 0.2) is 66.1 Å². The van der Waals surface area contributed by atoms with Crippen molar-refractivity contribution in [1.82, 2.24) is 15.6 Å². The van der Waals surface area contributed by atoms with Gasteiger partial charge in [0.15, 0.2) is 23.1 Å². The molecule has 46 heavy (non-hydrogen) atoms. The fraction of sp³-hybridized carbons (Fsp3) is 0.344. The summed E-state index contributed by atoms with van der Waals surface area (Å²) in [5, 5.41) is 8.39. The van der Waals surface area contributed by atoms with Crippen LogP contribution in [0.25, 0.3) is 10.9 Å². The zero-order valence-electron chi connectivity index (χ0n) is 24.8. The van der Waals surface area contributed by atoms with Gasteiger partial charge in [-0.05, 0) is 62.5 Å². The second-order valence-corrected chi connectivity index (χ2v) is 10.7. The van der Waals surface area contributed by atoms with E-state index in [2.05, 4.69) is 25.7 Å². The Morgan fingerprint density at radius 1 is 1.02 bits per heavy atom. The van der Waals surface area contributed by atoms with Crippen molar-refractivity contribution in [2.24, 2.45) is 5.92 Å². The Hall–Kier alpha value is -4.85. The van der Waals surface area contributed by atoms with E-state index in [1.165, 1.54) is 31.5 Å². The number of anilines is 1. The number of pyridine rings is 1. The quantitative estimate of drug-likeness (QED) is 0.189. The summed E-state index contributed by atoms with van der Waals surface area (Å²) in [7, 11) is 1.52. The van der Waals surface area contributed by atoms with E-state index in [-0.39, 0.29) is 35.7 Å². The number of rotatable bonds is 10. The van der Waals surface area contributed by atoms with Crippen molar-refractivity contribution in [3.63, 3.8) is 0 Å². The number of amides is 2. The van der Waals surface area contributed by atoms with Gasteiger partial charge in [-0.1, -0.05) is 12.2 Å². The molecule has 1 saturated heterocycles. The van der Waals surface area contributed by atoms with Gasteiger partial charge in [0, 0.05) is 47.9 Å². The monoisotopic (exact) mass is 644 g/mol. The maximum atomic E-state index is 15.1. The molecule has 2 aliphatic rings. The SMILES string of the molecule is COc1cc2c(Oc3ccc(NC(=O)C(=O)NCC4=C(OC(F)(F)F)CCC=C4)cc3F)ccnc2cc1OCC1CCNCC1. The molecule has 2 heterocycles. The van der Waals surface area contributed by atoms with Gasteiger partial charge in [0.1, 0.15) is 11.5 Å². The lowest BCUT2D eigenvalue weighted by molar-refractivity contribution is -0.306. The zero-order chi connectivity index (χ0) is 32.7. The fourth-order valence-corrected chi connectivity index (χ4v) is 5.08. The predicted octanol–water partition coefficient (Wildman–Crippen LogP) is 5.75. The lowest BCUT2D eigenvalue weighted by Gasteiger charge is -2.23. The first-order valence-corrected chi connectivity index (χ1v) is 14.6. The van der Waals surface area contributed by atoms with Gasteiger partial charge in [-0.3, -0.25) is 14.6 Å². The molecule has 14 heteroatoms. The van der Waals surface area contributed by atoms with E-state index in [9.17, 15) is 22.8 Å². The normalized spacial score (nSPS) is 15.4. The van der Waals surface area contributed by atoms with Crippen LogP contribution in [-0.4, -0.2) is 56.5 Å². The first-order chi connectivity index (χ1) is 22.1. The fourth-order valence-electron chi connectivity index (χ4n) is 5.08. The van der Waals surface area contributed by atoms with Crippen LogP contribution in [0.3, 0.4) is 0 Å². The number of nitrogens with zero attached hydrogens (tertiary/aromatic N) is 1. The highest BCUT2D eigenvalue weighted by molar-refractivity contribution is 6.39. The van der Waals surface area contributed by atoms with E-state index in [1.807, 2.05) is 0 Å². The number of carbonyl (C=O) groups is 2. The van der Waals surface area contributed by atoms with Crippen molar-refractivity contribution in [3.05, 3.63) is 71.9 Å². The number of aromatic nitrogens is 1. The highest BCUT2D eigenvalue weighted by Gasteiger charge is 2.33. The van der Waals surface area contributed by atoms with Crippen LogP contribution in [0.1, 0.15) is 25.7 Å². The summed E-state index contributed by atoms with van der Waals surface area (Å²) in [4.78, 5) is 29.1. The molecule has 1 fully saturated rings. The minimum atomic E-state index is -4.88. The van der Waals surface area contributed by atoms with Crippen molar-refractivity contribution in [3.8, 4) is 23.0 Å².